The lowest BCUT2D eigenvalue weighted by Crippen LogP contribution is -2.39. The largest absolute Gasteiger partial charge is 0.357 e. The van der Waals surface area contributed by atoms with Crippen molar-refractivity contribution in [1.82, 2.24) is 15.5 Å². The molecule has 0 amide bonds. The van der Waals surface area contributed by atoms with Crippen LogP contribution in [0.4, 0.5) is 4.39 Å². The van der Waals surface area contributed by atoms with Gasteiger partial charge in [-0.05, 0) is 75.0 Å². The van der Waals surface area contributed by atoms with Gasteiger partial charge in [0.25, 0.3) is 0 Å². The normalized spacial score (nSPS) is 16.2. The quantitative estimate of drug-likeness (QED) is 0.213. The number of nitrogens with one attached hydrogen (secondary N) is 2. The van der Waals surface area contributed by atoms with Gasteiger partial charge in [-0.2, -0.15) is 0 Å². The third-order valence-corrected chi connectivity index (χ3v) is 5.99. The molecule has 6 nitrogen and oxygen atoms in total. The highest BCUT2D eigenvalue weighted by Gasteiger charge is 2.15. The molecule has 0 aliphatic carbocycles. The number of aliphatic imine (C=N–C) groups is 1. The minimum absolute atomic E-state index is 0. The molecule has 1 fully saturated rings. The van der Waals surface area contributed by atoms with Crippen molar-refractivity contribution in [2.24, 2.45) is 10.9 Å². The van der Waals surface area contributed by atoms with Gasteiger partial charge in [-0.25, -0.2) is 17.8 Å². The highest BCUT2D eigenvalue weighted by Crippen LogP contribution is 2.16. The molecule has 30 heavy (non-hydrogen) atoms. The van der Waals surface area contributed by atoms with Crippen LogP contribution in [0, 0.1) is 11.7 Å². The highest BCUT2D eigenvalue weighted by atomic mass is 127. The summed E-state index contributed by atoms with van der Waals surface area (Å²) in [6.45, 7) is 9.48. The molecule has 0 spiro atoms. The van der Waals surface area contributed by atoms with Crippen molar-refractivity contribution in [2.75, 3.05) is 39.0 Å². The number of rotatable bonds is 9. The molecule has 1 aromatic carbocycles. The number of hydrogen-bond acceptors (Lipinski definition) is 4. The number of hydrogen-bond donors (Lipinski definition) is 2. The lowest BCUT2D eigenvalue weighted by Gasteiger charge is -2.30. The van der Waals surface area contributed by atoms with Crippen LogP contribution >= 0.6 is 24.0 Å². The van der Waals surface area contributed by atoms with E-state index < -0.39 is 9.84 Å². The summed E-state index contributed by atoms with van der Waals surface area (Å²) in [6.07, 6.45) is 4.76. The van der Waals surface area contributed by atoms with E-state index in [0.29, 0.717) is 17.1 Å². The van der Waals surface area contributed by atoms with Crippen LogP contribution in [0.15, 0.2) is 23.2 Å². The smallest absolute Gasteiger partial charge is 0.191 e. The van der Waals surface area contributed by atoms with Crippen LogP contribution < -0.4 is 10.6 Å². The van der Waals surface area contributed by atoms with Crippen molar-refractivity contribution in [2.45, 2.75) is 45.4 Å². The first-order valence-corrected chi connectivity index (χ1v) is 12.5. The summed E-state index contributed by atoms with van der Waals surface area (Å²) < 4.78 is 37.0. The molecule has 1 saturated heterocycles. The van der Waals surface area contributed by atoms with Crippen LogP contribution in [-0.4, -0.2) is 58.3 Å². The van der Waals surface area contributed by atoms with Gasteiger partial charge < -0.3 is 15.5 Å². The Morgan fingerprint density at radius 3 is 2.57 bits per heavy atom. The fourth-order valence-electron chi connectivity index (χ4n) is 3.47. The van der Waals surface area contributed by atoms with E-state index in [9.17, 15) is 12.8 Å². The number of sulfone groups is 1. The topological polar surface area (TPSA) is 73.8 Å². The number of likely N-dealkylation sites (tertiary alicyclic amines) is 1. The summed E-state index contributed by atoms with van der Waals surface area (Å²) in [4.78, 5) is 7.04. The molecule has 1 aromatic rings. The van der Waals surface area contributed by atoms with E-state index in [2.05, 4.69) is 27.4 Å². The molecule has 0 saturated carbocycles. The SMILES string of the molecule is CCNC(=NCc1cc(F)ccc1CS(C)(=O)=O)NCCCN1CCC(C)CC1.I. The fraction of sp³-hybridized carbons (Fsp3) is 0.667. The van der Waals surface area contributed by atoms with Gasteiger partial charge in [0.1, 0.15) is 5.82 Å². The standard InChI is InChI=1S/C21H35FN4O2S.HI/c1-4-23-21(24-10-5-11-26-12-8-17(2)9-13-26)25-15-19-14-20(22)7-6-18(19)16-29(3,27)28;/h6-7,14,17H,4-5,8-13,15-16H2,1-3H3,(H2,23,24,25);1H. The van der Waals surface area contributed by atoms with E-state index in [-0.39, 0.29) is 42.1 Å². The second-order valence-corrected chi connectivity index (χ2v) is 10.1. The first-order valence-electron chi connectivity index (χ1n) is 10.5. The Hall–Kier alpha value is -0.940. The minimum Gasteiger partial charge on any atom is -0.357 e. The number of halogens is 2. The Bertz CT molecular complexity index is 781. The molecule has 0 bridgehead atoms. The predicted molar refractivity (Wildman–Crippen MR) is 133 cm³/mol. The van der Waals surface area contributed by atoms with Crippen LogP contribution in [0.3, 0.4) is 0 Å². The lowest BCUT2D eigenvalue weighted by atomic mass is 9.99. The van der Waals surface area contributed by atoms with Crippen LogP contribution in [0.25, 0.3) is 0 Å². The molecule has 0 aromatic heterocycles. The molecule has 1 aliphatic rings. The molecule has 172 valence electrons. The van der Waals surface area contributed by atoms with E-state index >= 15 is 0 Å². The predicted octanol–water partition coefficient (Wildman–Crippen LogP) is 3.17. The summed E-state index contributed by atoms with van der Waals surface area (Å²) >= 11 is 0. The van der Waals surface area contributed by atoms with E-state index in [4.69, 9.17) is 0 Å². The lowest BCUT2D eigenvalue weighted by molar-refractivity contribution is 0.191. The summed E-state index contributed by atoms with van der Waals surface area (Å²) in [5.74, 6) is 0.999. The van der Waals surface area contributed by atoms with Gasteiger partial charge in [-0.15, -0.1) is 24.0 Å². The first kappa shape index (κ1) is 27.1. The van der Waals surface area contributed by atoms with Gasteiger partial charge in [0.2, 0.25) is 0 Å². The molecular weight excluding hydrogens is 518 g/mol. The second-order valence-electron chi connectivity index (χ2n) is 7.98. The number of nitrogens with zero attached hydrogens (tertiary/aromatic N) is 2. The number of guanidine groups is 1. The van der Waals surface area contributed by atoms with E-state index in [0.717, 1.165) is 32.0 Å². The summed E-state index contributed by atoms with van der Waals surface area (Å²) in [6, 6.07) is 4.19. The van der Waals surface area contributed by atoms with Crippen LogP contribution in [-0.2, 0) is 22.1 Å². The van der Waals surface area contributed by atoms with Crippen molar-refractivity contribution in [3.8, 4) is 0 Å². The van der Waals surface area contributed by atoms with Gasteiger partial charge in [0.15, 0.2) is 15.8 Å². The van der Waals surface area contributed by atoms with Crippen molar-refractivity contribution in [3.63, 3.8) is 0 Å². The van der Waals surface area contributed by atoms with E-state index in [1.165, 1.54) is 50.4 Å². The maximum absolute atomic E-state index is 13.7. The van der Waals surface area contributed by atoms with Crippen LogP contribution in [0.1, 0.15) is 44.2 Å². The van der Waals surface area contributed by atoms with Gasteiger partial charge >= 0.3 is 0 Å². The monoisotopic (exact) mass is 554 g/mol. The maximum Gasteiger partial charge on any atom is 0.191 e. The van der Waals surface area contributed by atoms with Crippen molar-refractivity contribution >= 4 is 39.8 Å². The van der Waals surface area contributed by atoms with E-state index in [1.54, 1.807) is 0 Å². The Morgan fingerprint density at radius 1 is 1.23 bits per heavy atom. The summed E-state index contributed by atoms with van der Waals surface area (Å²) in [5.41, 5.74) is 1.18. The van der Waals surface area contributed by atoms with Gasteiger partial charge in [-0.1, -0.05) is 13.0 Å². The first-order chi connectivity index (χ1) is 13.8. The molecule has 1 aliphatic heterocycles. The van der Waals surface area contributed by atoms with Gasteiger partial charge in [0, 0.05) is 19.3 Å². The Balaban J connectivity index is 0.00000450. The molecular formula is C21H36FIN4O2S. The minimum atomic E-state index is -3.20. The zero-order valence-electron chi connectivity index (χ0n) is 18.3. The molecule has 1 heterocycles. The third-order valence-electron chi connectivity index (χ3n) is 5.16. The highest BCUT2D eigenvalue weighted by molar-refractivity contribution is 14.0. The van der Waals surface area contributed by atoms with Gasteiger partial charge in [0.05, 0.1) is 12.3 Å². The molecule has 0 atom stereocenters. The van der Waals surface area contributed by atoms with Crippen molar-refractivity contribution in [3.05, 3.63) is 35.1 Å². The van der Waals surface area contributed by atoms with Gasteiger partial charge in [-0.3, -0.25) is 0 Å². The summed E-state index contributed by atoms with van der Waals surface area (Å²) in [7, 11) is -3.20. The number of piperidine rings is 1. The maximum atomic E-state index is 13.7. The molecule has 9 heteroatoms. The average Bonchev–Trinajstić information content (AvgIpc) is 2.65. The molecule has 0 radical (unpaired) electrons. The number of benzene rings is 1. The molecule has 0 unspecified atom stereocenters. The van der Waals surface area contributed by atoms with Crippen molar-refractivity contribution < 1.29 is 12.8 Å². The Kier molecular flexibility index (Phi) is 12.2. The average molecular weight is 555 g/mol. The second kappa shape index (κ2) is 13.5. The molecule has 2 rings (SSSR count). The molecule has 2 N–H and O–H groups in total. The summed E-state index contributed by atoms with van der Waals surface area (Å²) in [5, 5.41) is 6.51. The third kappa shape index (κ3) is 10.4. The fourth-order valence-corrected chi connectivity index (χ4v) is 4.31. The zero-order valence-corrected chi connectivity index (χ0v) is 21.4. The van der Waals surface area contributed by atoms with Crippen LogP contribution in [0.5, 0.6) is 0 Å². The van der Waals surface area contributed by atoms with Crippen LogP contribution in [0.2, 0.25) is 0 Å². The Morgan fingerprint density at radius 2 is 1.93 bits per heavy atom. The van der Waals surface area contributed by atoms with Crippen molar-refractivity contribution in [1.29, 1.82) is 0 Å². The van der Waals surface area contributed by atoms with E-state index in [1.807, 2.05) is 6.92 Å². The Labute approximate surface area is 198 Å². The zero-order chi connectivity index (χ0) is 21.3.